The fourth-order valence-electron chi connectivity index (χ4n) is 2.88. The van der Waals surface area contributed by atoms with Crippen molar-refractivity contribution >= 4 is 29.5 Å². The molecule has 1 atom stereocenters. The molecule has 2 N–H and O–H groups in total. The van der Waals surface area contributed by atoms with Gasteiger partial charge in [-0.25, -0.2) is 14.8 Å². The molecule has 9 heteroatoms. The highest BCUT2D eigenvalue weighted by molar-refractivity contribution is 6.31. The zero-order valence-corrected chi connectivity index (χ0v) is 16.4. The number of rotatable bonds is 5. The van der Waals surface area contributed by atoms with Crippen LogP contribution in [-0.4, -0.2) is 59.0 Å². The molecular weight excluding hydrogens is 380 g/mol. The third kappa shape index (κ3) is 5.10. The zero-order valence-electron chi connectivity index (χ0n) is 15.6. The molecule has 2 heterocycles. The van der Waals surface area contributed by atoms with Crippen LogP contribution in [0, 0.1) is 0 Å². The molecule has 3 amide bonds. The summed E-state index contributed by atoms with van der Waals surface area (Å²) in [5, 5.41) is 6.14. The minimum atomic E-state index is -0.648. The van der Waals surface area contributed by atoms with Crippen LogP contribution in [0.1, 0.15) is 12.5 Å². The van der Waals surface area contributed by atoms with Crippen LogP contribution >= 0.6 is 11.6 Å². The van der Waals surface area contributed by atoms with Crippen molar-refractivity contribution in [2.45, 2.75) is 19.5 Å². The van der Waals surface area contributed by atoms with E-state index in [1.54, 1.807) is 36.4 Å². The first-order chi connectivity index (χ1) is 13.5. The average molecular weight is 403 g/mol. The Labute approximate surface area is 168 Å². The van der Waals surface area contributed by atoms with E-state index in [4.69, 9.17) is 11.6 Å². The number of carbonyl (C=O) groups is 2. The average Bonchev–Trinajstić information content (AvgIpc) is 2.73. The maximum absolute atomic E-state index is 12.4. The van der Waals surface area contributed by atoms with Gasteiger partial charge in [0, 0.05) is 50.1 Å². The van der Waals surface area contributed by atoms with Crippen LogP contribution < -0.4 is 15.5 Å². The summed E-state index contributed by atoms with van der Waals surface area (Å²) in [7, 11) is 0. The highest BCUT2D eigenvalue weighted by Crippen LogP contribution is 2.14. The monoisotopic (exact) mass is 402 g/mol. The first kappa shape index (κ1) is 19.9. The molecule has 1 aliphatic rings. The number of halogens is 1. The van der Waals surface area contributed by atoms with E-state index in [0.717, 1.165) is 5.56 Å². The quantitative estimate of drug-likeness (QED) is 0.793. The lowest BCUT2D eigenvalue weighted by atomic mass is 10.2. The molecule has 0 radical (unpaired) electrons. The lowest BCUT2D eigenvalue weighted by Crippen LogP contribution is -2.55. The Hall–Kier alpha value is -2.87. The molecule has 0 unspecified atom stereocenters. The first-order valence-corrected chi connectivity index (χ1v) is 9.51. The highest BCUT2D eigenvalue weighted by atomic mass is 35.5. The lowest BCUT2D eigenvalue weighted by Gasteiger charge is -2.35. The van der Waals surface area contributed by atoms with Gasteiger partial charge in [0.2, 0.25) is 11.9 Å². The number of nitrogens with one attached hydrogen (secondary N) is 2. The van der Waals surface area contributed by atoms with Gasteiger partial charge in [-0.3, -0.25) is 4.79 Å². The highest BCUT2D eigenvalue weighted by Gasteiger charge is 2.24. The summed E-state index contributed by atoms with van der Waals surface area (Å²) in [5.41, 5.74) is 0.829. The summed E-state index contributed by atoms with van der Waals surface area (Å²) in [4.78, 5) is 36.9. The second-order valence-corrected chi connectivity index (χ2v) is 6.91. The van der Waals surface area contributed by atoms with E-state index in [9.17, 15) is 9.59 Å². The van der Waals surface area contributed by atoms with E-state index in [-0.39, 0.29) is 11.9 Å². The molecule has 1 aromatic carbocycles. The molecule has 148 valence electrons. The van der Waals surface area contributed by atoms with Crippen molar-refractivity contribution in [3.8, 4) is 0 Å². The van der Waals surface area contributed by atoms with Crippen LogP contribution in [0.15, 0.2) is 42.7 Å². The smallest absolute Gasteiger partial charge is 0.318 e. The topological polar surface area (TPSA) is 90.5 Å². The third-order valence-electron chi connectivity index (χ3n) is 4.55. The minimum absolute atomic E-state index is 0.256. The maximum Gasteiger partial charge on any atom is 0.318 e. The fraction of sp³-hybridized carbons (Fsp3) is 0.368. The van der Waals surface area contributed by atoms with Crippen molar-refractivity contribution in [1.29, 1.82) is 0 Å². The number of hydrogen-bond donors (Lipinski definition) is 2. The zero-order chi connectivity index (χ0) is 19.9. The number of carbonyl (C=O) groups excluding carboxylic acids is 2. The van der Waals surface area contributed by atoms with Crippen molar-refractivity contribution in [3.63, 3.8) is 0 Å². The number of urea groups is 1. The van der Waals surface area contributed by atoms with Gasteiger partial charge in [0.05, 0.1) is 0 Å². The summed E-state index contributed by atoms with van der Waals surface area (Å²) < 4.78 is 0. The Balaban J connectivity index is 1.44. The maximum atomic E-state index is 12.4. The molecule has 3 rings (SSSR count). The van der Waals surface area contributed by atoms with Gasteiger partial charge in [0.15, 0.2) is 0 Å². The Morgan fingerprint density at radius 3 is 2.46 bits per heavy atom. The molecule has 0 aliphatic carbocycles. The molecule has 1 aliphatic heterocycles. The van der Waals surface area contributed by atoms with E-state index >= 15 is 0 Å². The van der Waals surface area contributed by atoms with Crippen molar-refractivity contribution in [1.82, 2.24) is 25.5 Å². The van der Waals surface area contributed by atoms with Gasteiger partial charge in [-0.15, -0.1) is 0 Å². The largest absolute Gasteiger partial charge is 0.350 e. The molecule has 0 bridgehead atoms. The molecule has 28 heavy (non-hydrogen) atoms. The summed E-state index contributed by atoms with van der Waals surface area (Å²) in [6.07, 6.45) is 3.40. The van der Waals surface area contributed by atoms with Gasteiger partial charge in [0.1, 0.15) is 6.04 Å². The van der Waals surface area contributed by atoms with Gasteiger partial charge in [-0.05, 0) is 24.6 Å². The number of benzene rings is 1. The summed E-state index contributed by atoms with van der Waals surface area (Å²) in [5.74, 6) is 0.402. The third-order valence-corrected chi connectivity index (χ3v) is 4.91. The van der Waals surface area contributed by atoms with E-state index in [2.05, 4.69) is 20.6 Å². The van der Waals surface area contributed by atoms with Gasteiger partial charge in [-0.2, -0.15) is 0 Å². The van der Waals surface area contributed by atoms with Gasteiger partial charge in [-0.1, -0.05) is 29.8 Å². The van der Waals surface area contributed by atoms with Crippen LogP contribution in [0.25, 0.3) is 0 Å². The molecule has 1 aromatic heterocycles. The number of hydrogen-bond acceptors (Lipinski definition) is 5. The number of amides is 3. The van der Waals surface area contributed by atoms with Crippen molar-refractivity contribution in [3.05, 3.63) is 53.3 Å². The Morgan fingerprint density at radius 2 is 1.79 bits per heavy atom. The van der Waals surface area contributed by atoms with Crippen LogP contribution in [-0.2, 0) is 11.3 Å². The van der Waals surface area contributed by atoms with Crippen molar-refractivity contribution in [2.24, 2.45) is 0 Å². The van der Waals surface area contributed by atoms with E-state index in [1.165, 1.54) is 0 Å². The van der Waals surface area contributed by atoms with E-state index in [1.807, 2.05) is 23.1 Å². The van der Waals surface area contributed by atoms with Gasteiger partial charge in [0.25, 0.3) is 0 Å². The molecular formula is C19H23ClN6O2. The molecule has 1 fully saturated rings. The molecule has 0 spiro atoms. The SMILES string of the molecule is C[C@@H](NC(=O)N1CCN(c2ncccn2)CC1)C(=O)NCc1ccccc1Cl. The van der Waals surface area contributed by atoms with E-state index in [0.29, 0.717) is 43.7 Å². The van der Waals surface area contributed by atoms with Crippen molar-refractivity contribution < 1.29 is 9.59 Å². The van der Waals surface area contributed by atoms with Gasteiger partial charge >= 0.3 is 6.03 Å². The van der Waals surface area contributed by atoms with Crippen LogP contribution in [0.5, 0.6) is 0 Å². The number of aromatic nitrogens is 2. The Kier molecular flexibility index (Phi) is 6.65. The summed E-state index contributed by atoms with van der Waals surface area (Å²) in [6.45, 7) is 4.34. The first-order valence-electron chi connectivity index (χ1n) is 9.13. The lowest BCUT2D eigenvalue weighted by molar-refractivity contribution is -0.122. The second kappa shape index (κ2) is 9.36. The number of anilines is 1. The van der Waals surface area contributed by atoms with Crippen molar-refractivity contribution in [2.75, 3.05) is 31.1 Å². The molecule has 8 nitrogen and oxygen atoms in total. The van der Waals surface area contributed by atoms with Crippen LogP contribution in [0.3, 0.4) is 0 Å². The normalized spacial score (nSPS) is 15.1. The summed E-state index contributed by atoms with van der Waals surface area (Å²) in [6, 6.07) is 8.18. The Morgan fingerprint density at radius 1 is 1.11 bits per heavy atom. The second-order valence-electron chi connectivity index (χ2n) is 6.50. The standard InChI is InChI=1S/C19H23ClN6O2/c1-14(17(27)23-13-15-5-2-3-6-16(15)20)24-19(28)26-11-9-25(10-12-26)18-21-7-4-8-22-18/h2-8,14H,9-13H2,1H3,(H,23,27)(H,24,28)/t14-/m1/s1. The predicted molar refractivity (Wildman–Crippen MR) is 107 cm³/mol. The molecule has 1 saturated heterocycles. The number of nitrogens with zero attached hydrogens (tertiary/aromatic N) is 4. The minimum Gasteiger partial charge on any atom is -0.350 e. The van der Waals surface area contributed by atoms with E-state index < -0.39 is 6.04 Å². The molecule has 0 saturated carbocycles. The number of piperazine rings is 1. The Bertz CT molecular complexity index is 811. The van der Waals surface area contributed by atoms with Gasteiger partial charge < -0.3 is 20.4 Å². The van der Waals surface area contributed by atoms with Crippen LogP contribution in [0.2, 0.25) is 5.02 Å². The fourth-order valence-corrected chi connectivity index (χ4v) is 3.09. The molecule has 2 aromatic rings. The summed E-state index contributed by atoms with van der Waals surface area (Å²) >= 11 is 6.09. The predicted octanol–water partition coefficient (Wildman–Crippen LogP) is 1.67. The van der Waals surface area contributed by atoms with Crippen LogP contribution in [0.4, 0.5) is 10.7 Å².